The number of para-hydroxylation sites is 1. The highest BCUT2D eigenvalue weighted by Gasteiger charge is 2.35. The molecule has 3 aromatic rings. The average Bonchev–Trinajstić information content (AvgIpc) is 3.00. The standard InChI is InChI=1S/C17H10ClF3N2O2.ClH/c18-12-3-1-2-4-13(12)23-14(9-15(22-23)17(19,20)21)10-5-7-11(8-6-10)16(24)25;/h1-9H,(H,24,25);1H. The molecule has 0 amide bonds. The maximum atomic E-state index is 13.1. The number of carboxylic acid groups (broad SMARTS) is 1. The van der Waals surface area contributed by atoms with E-state index in [1.165, 1.54) is 24.3 Å². The maximum absolute atomic E-state index is 13.1. The van der Waals surface area contributed by atoms with Crippen LogP contribution in [0.2, 0.25) is 5.02 Å². The lowest BCUT2D eigenvalue weighted by Gasteiger charge is -2.09. The van der Waals surface area contributed by atoms with E-state index >= 15 is 0 Å². The Kier molecular flexibility index (Phi) is 5.63. The zero-order valence-corrected chi connectivity index (χ0v) is 14.4. The zero-order valence-electron chi connectivity index (χ0n) is 12.9. The molecule has 0 fully saturated rings. The van der Waals surface area contributed by atoms with E-state index < -0.39 is 17.8 Å². The van der Waals surface area contributed by atoms with Crippen LogP contribution >= 0.6 is 24.0 Å². The van der Waals surface area contributed by atoms with Crippen LogP contribution in [0.5, 0.6) is 0 Å². The van der Waals surface area contributed by atoms with E-state index in [2.05, 4.69) is 5.10 Å². The minimum Gasteiger partial charge on any atom is -0.478 e. The Morgan fingerprint density at radius 1 is 1.08 bits per heavy atom. The third-order valence-electron chi connectivity index (χ3n) is 3.51. The summed E-state index contributed by atoms with van der Waals surface area (Å²) in [4.78, 5) is 10.9. The van der Waals surface area contributed by atoms with Crippen molar-refractivity contribution in [2.75, 3.05) is 0 Å². The monoisotopic (exact) mass is 402 g/mol. The second-order valence-electron chi connectivity index (χ2n) is 5.16. The lowest BCUT2D eigenvalue weighted by molar-refractivity contribution is -0.141. The van der Waals surface area contributed by atoms with Crippen molar-refractivity contribution in [3.8, 4) is 16.9 Å². The number of alkyl halides is 3. The van der Waals surface area contributed by atoms with Crippen molar-refractivity contribution in [3.63, 3.8) is 0 Å². The molecule has 4 nitrogen and oxygen atoms in total. The summed E-state index contributed by atoms with van der Waals surface area (Å²) in [7, 11) is 0. The van der Waals surface area contributed by atoms with Crippen LogP contribution in [0, 0.1) is 0 Å². The minimum absolute atomic E-state index is 0. The van der Waals surface area contributed by atoms with Gasteiger partial charge in [-0.25, -0.2) is 9.48 Å². The Labute approximate surface area is 157 Å². The van der Waals surface area contributed by atoms with E-state index in [-0.39, 0.29) is 34.4 Å². The summed E-state index contributed by atoms with van der Waals surface area (Å²) in [6.07, 6.45) is -4.62. The molecule has 0 radical (unpaired) electrons. The summed E-state index contributed by atoms with van der Waals surface area (Å²) in [6.45, 7) is 0. The van der Waals surface area contributed by atoms with Gasteiger partial charge in [0.15, 0.2) is 5.69 Å². The number of nitrogens with zero attached hydrogens (tertiary/aromatic N) is 2. The first-order chi connectivity index (χ1) is 11.8. The quantitative estimate of drug-likeness (QED) is 0.643. The first kappa shape index (κ1) is 19.8. The van der Waals surface area contributed by atoms with Gasteiger partial charge >= 0.3 is 12.1 Å². The second kappa shape index (κ2) is 7.39. The summed E-state index contributed by atoms with van der Waals surface area (Å²) in [5.74, 6) is -1.12. The summed E-state index contributed by atoms with van der Waals surface area (Å²) < 4.78 is 40.4. The van der Waals surface area contributed by atoms with Crippen LogP contribution in [0.25, 0.3) is 16.9 Å². The molecule has 136 valence electrons. The van der Waals surface area contributed by atoms with Crippen molar-refractivity contribution in [1.82, 2.24) is 9.78 Å². The number of carbonyl (C=O) groups is 1. The van der Waals surface area contributed by atoms with Crippen molar-refractivity contribution >= 4 is 30.0 Å². The molecule has 0 aliphatic carbocycles. The van der Waals surface area contributed by atoms with E-state index in [0.717, 1.165) is 10.7 Å². The predicted octanol–water partition coefficient (Wildman–Crippen LogP) is 5.33. The second-order valence-corrected chi connectivity index (χ2v) is 5.57. The summed E-state index contributed by atoms with van der Waals surface area (Å²) in [5, 5.41) is 12.8. The maximum Gasteiger partial charge on any atom is 0.435 e. The van der Waals surface area contributed by atoms with Gasteiger partial charge < -0.3 is 5.11 Å². The highest BCUT2D eigenvalue weighted by Crippen LogP contribution is 2.34. The van der Waals surface area contributed by atoms with Crippen LogP contribution in [0.15, 0.2) is 54.6 Å². The first-order valence-corrected chi connectivity index (χ1v) is 7.41. The van der Waals surface area contributed by atoms with Crippen molar-refractivity contribution in [2.45, 2.75) is 6.18 Å². The van der Waals surface area contributed by atoms with Crippen LogP contribution in [0.4, 0.5) is 13.2 Å². The van der Waals surface area contributed by atoms with E-state index in [0.29, 0.717) is 5.56 Å². The van der Waals surface area contributed by atoms with E-state index in [4.69, 9.17) is 16.7 Å². The third kappa shape index (κ3) is 3.84. The Hall–Kier alpha value is -2.51. The van der Waals surface area contributed by atoms with Crippen molar-refractivity contribution in [3.05, 3.63) is 70.9 Å². The summed E-state index contributed by atoms with van der Waals surface area (Å²) >= 11 is 6.09. The van der Waals surface area contributed by atoms with Gasteiger partial charge in [0, 0.05) is 5.56 Å². The van der Waals surface area contributed by atoms with Crippen LogP contribution in [-0.2, 0) is 6.18 Å². The molecule has 0 atom stereocenters. The van der Waals surface area contributed by atoms with Gasteiger partial charge in [-0.15, -0.1) is 12.4 Å². The lowest BCUT2D eigenvalue weighted by Crippen LogP contribution is -2.07. The molecule has 26 heavy (non-hydrogen) atoms. The minimum atomic E-state index is -4.62. The summed E-state index contributed by atoms with van der Waals surface area (Å²) in [5.41, 5.74) is -0.212. The van der Waals surface area contributed by atoms with Crippen LogP contribution in [0.1, 0.15) is 16.1 Å². The highest BCUT2D eigenvalue weighted by molar-refractivity contribution is 6.32. The fourth-order valence-corrected chi connectivity index (χ4v) is 2.53. The number of rotatable bonds is 3. The van der Waals surface area contributed by atoms with Gasteiger partial charge in [-0.2, -0.15) is 18.3 Å². The molecule has 9 heteroatoms. The van der Waals surface area contributed by atoms with E-state index in [1.807, 2.05) is 0 Å². The molecule has 1 N–H and O–H groups in total. The van der Waals surface area contributed by atoms with Crippen molar-refractivity contribution < 1.29 is 23.1 Å². The molecular formula is C17H11Cl2F3N2O2. The van der Waals surface area contributed by atoms with E-state index in [9.17, 15) is 18.0 Å². The number of halogens is 5. The van der Waals surface area contributed by atoms with Crippen LogP contribution < -0.4 is 0 Å². The molecule has 0 aliphatic heterocycles. The molecule has 0 bridgehead atoms. The number of benzene rings is 2. The van der Waals surface area contributed by atoms with Gasteiger partial charge in [-0.1, -0.05) is 35.9 Å². The van der Waals surface area contributed by atoms with Gasteiger partial charge in [-0.3, -0.25) is 0 Å². The molecule has 0 unspecified atom stereocenters. The molecular weight excluding hydrogens is 392 g/mol. The number of aromatic nitrogens is 2. The molecule has 1 heterocycles. The Morgan fingerprint density at radius 3 is 2.23 bits per heavy atom. The number of hydrogen-bond acceptors (Lipinski definition) is 2. The average molecular weight is 403 g/mol. The molecule has 2 aromatic carbocycles. The highest BCUT2D eigenvalue weighted by atomic mass is 35.5. The number of hydrogen-bond donors (Lipinski definition) is 1. The molecule has 3 rings (SSSR count). The Bertz CT molecular complexity index is 938. The van der Waals surface area contributed by atoms with Crippen molar-refractivity contribution in [1.29, 1.82) is 0 Å². The molecule has 0 saturated heterocycles. The van der Waals surface area contributed by atoms with Gasteiger partial charge in [-0.05, 0) is 30.3 Å². The third-order valence-corrected chi connectivity index (χ3v) is 3.83. The largest absolute Gasteiger partial charge is 0.478 e. The smallest absolute Gasteiger partial charge is 0.435 e. The zero-order chi connectivity index (χ0) is 18.2. The van der Waals surface area contributed by atoms with Gasteiger partial charge in [0.05, 0.1) is 22.0 Å². The fraction of sp³-hybridized carbons (Fsp3) is 0.0588. The Balaban J connectivity index is 0.00000243. The Morgan fingerprint density at radius 2 is 1.69 bits per heavy atom. The normalized spacial score (nSPS) is 11.1. The molecule has 0 aliphatic rings. The summed E-state index contributed by atoms with van der Waals surface area (Å²) in [6, 6.07) is 12.8. The number of aromatic carboxylic acids is 1. The van der Waals surface area contributed by atoms with Crippen LogP contribution in [0.3, 0.4) is 0 Å². The van der Waals surface area contributed by atoms with Gasteiger partial charge in [0.1, 0.15) is 0 Å². The van der Waals surface area contributed by atoms with Gasteiger partial charge in [0.2, 0.25) is 0 Å². The van der Waals surface area contributed by atoms with Crippen molar-refractivity contribution in [2.24, 2.45) is 0 Å². The molecule has 1 aromatic heterocycles. The molecule has 0 spiro atoms. The van der Waals surface area contributed by atoms with E-state index in [1.54, 1.807) is 24.3 Å². The SMILES string of the molecule is Cl.O=C(O)c1ccc(-c2cc(C(F)(F)F)nn2-c2ccccc2Cl)cc1. The van der Waals surface area contributed by atoms with Crippen LogP contribution in [-0.4, -0.2) is 20.9 Å². The number of carboxylic acids is 1. The van der Waals surface area contributed by atoms with Gasteiger partial charge in [0.25, 0.3) is 0 Å². The molecule has 0 saturated carbocycles. The topological polar surface area (TPSA) is 55.1 Å². The lowest BCUT2D eigenvalue weighted by atomic mass is 10.1. The fourth-order valence-electron chi connectivity index (χ4n) is 2.32. The first-order valence-electron chi connectivity index (χ1n) is 7.03. The predicted molar refractivity (Wildman–Crippen MR) is 93.2 cm³/mol.